The molecule has 2 unspecified atom stereocenters. The Morgan fingerprint density at radius 1 is 1.18 bits per heavy atom. The van der Waals surface area contributed by atoms with Gasteiger partial charge in [-0.1, -0.05) is 17.7 Å². The Kier molecular flexibility index (Phi) is 6.20. The molecule has 1 N–H and O–H groups in total. The van der Waals surface area contributed by atoms with Gasteiger partial charge >= 0.3 is 5.97 Å². The third-order valence-electron chi connectivity index (χ3n) is 6.81. The molecular weight excluding hydrogens is 454 g/mol. The van der Waals surface area contributed by atoms with Crippen LogP contribution in [0, 0.1) is 23.2 Å². The highest BCUT2D eigenvalue weighted by Crippen LogP contribution is 2.38. The maximum atomic E-state index is 11.7. The van der Waals surface area contributed by atoms with Gasteiger partial charge in [0.25, 0.3) is 0 Å². The predicted octanol–water partition coefficient (Wildman–Crippen LogP) is 4.36. The number of hydrogen-bond donors (Lipinski definition) is 1. The van der Waals surface area contributed by atoms with Crippen molar-refractivity contribution < 1.29 is 14.6 Å². The Morgan fingerprint density at radius 3 is 2.71 bits per heavy atom. The molecular formula is C25H24ClN5O3. The molecule has 1 aromatic carbocycles. The van der Waals surface area contributed by atoms with Crippen LogP contribution < -0.4 is 4.74 Å². The molecule has 5 rings (SSSR count). The van der Waals surface area contributed by atoms with Crippen LogP contribution >= 0.6 is 11.6 Å². The maximum Gasteiger partial charge on any atom is 0.321 e. The van der Waals surface area contributed by atoms with Crippen LogP contribution in [0.25, 0.3) is 5.69 Å². The second-order valence-corrected chi connectivity index (χ2v) is 9.39. The van der Waals surface area contributed by atoms with Crippen LogP contribution in [0.2, 0.25) is 5.02 Å². The van der Waals surface area contributed by atoms with E-state index in [1.165, 1.54) is 0 Å². The number of carboxylic acids is 1. The van der Waals surface area contributed by atoms with E-state index in [9.17, 15) is 15.2 Å². The molecule has 0 saturated heterocycles. The van der Waals surface area contributed by atoms with Gasteiger partial charge in [0.1, 0.15) is 23.7 Å². The molecule has 1 aliphatic heterocycles. The number of pyridine rings is 1. The third-order valence-corrected chi connectivity index (χ3v) is 7.04. The zero-order valence-electron chi connectivity index (χ0n) is 18.5. The van der Waals surface area contributed by atoms with E-state index in [0.717, 1.165) is 42.8 Å². The lowest BCUT2D eigenvalue weighted by molar-refractivity contribution is -0.141. The van der Waals surface area contributed by atoms with E-state index < -0.39 is 17.8 Å². The molecule has 1 aliphatic carbocycles. The van der Waals surface area contributed by atoms with Crippen molar-refractivity contribution in [2.45, 2.75) is 50.5 Å². The highest BCUT2D eigenvalue weighted by molar-refractivity contribution is 6.30. The van der Waals surface area contributed by atoms with Crippen molar-refractivity contribution in [2.24, 2.45) is 11.8 Å². The molecule has 0 radical (unpaired) electrons. The van der Waals surface area contributed by atoms with Crippen LogP contribution in [0.4, 0.5) is 0 Å². The number of ether oxygens (including phenoxy) is 1. The lowest BCUT2D eigenvalue weighted by Gasteiger charge is -2.28. The quantitative estimate of drug-likeness (QED) is 0.580. The molecule has 0 bridgehead atoms. The summed E-state index contributed by atoms with van der Waals surface area (Å²) >= 11 is 6.28. The largest absolute Gasteiger partial charge is 0.480 e. The van der Waals surface area contributed by atoms with Gasteiger partial charge in [-0.05, 0) is 67.9 Å². The first-order valence-electron chi connectivity index (χ1n) is 11.5. The summed E-state index contributed by atoms with van der Waals surface area (Å²) in [5, 5.41) is 28.7. The number of nitriles is 1. The minimum absolute atomic E-state index is 0.111. The molecule has 3 heterocycles. The number of halogens is 1. The highest BCUT2D eigenvalue weighted by atomic mass is 35.5. The first kappa shape index (κ1) is 22.4. The number of hydrogen-bond acceptors (Lipinski definition) is 6. The van der Waals surface area contributed by atoms with E-state index in [4.69, 9.17) is 16.3 Å². The monoisotopic (exact) mass is 477 g/mol. The molecule has 1 saturated carbocycles. The Balaban J connectivity index is 1.42. The predicted molar refractivity (Wildman–Crippen MR) is 124 cm³/mol. The molecule has 9 heteroatoms. The summed E-state index contributed by atoms with van der Waals surface area (Å²) in [6, 6.07) is 13.2. The SMILES string of the molecule is N#CC(C(=O)O)C1Cc2cc(Cl)ccc2-n2c(nnc2C2CCC(Oc3ccccn3)CC2)C1. The smallest absolute Gasteiger partial charge is 0.321 e. The molecule has 0 amide bonds. The van der Waals surface area contributed by atoms with Crippen molar-refractivity contribution in [2.75, 3.05) is 0 Å². The van der Waals surface area contributed by atoms with E-state index >= 15 is 0 Å². The maximum absolute atomic E-state index is 11.7. The van der Waals surface area contributed by atoms with E-state index in [-0.39, 0.29) is 12.0 Å². The van der Waals surface area contributed by atoms with Crippen LogP contribution in [0.5, 0.6) is 5.88 Å². The van der Waals surface area contributed by atoms with Gasteiger partial charge in [-0.2, -0.15) is 5.26 Å². The Bertz CT molecular complexity index is 1230. The zero-order valence-corrected chi connectivity index (χ0v) is 19.2. The van der Waals surface area contributed by atoms with Crippen LogP contribution in [0.15, 0.2) is 42.6 Å². The van der Waals surface area contributed by atoms with Crippen molar-refractivity contribution in [1.82, 2.24) is 19.7 Å². The fourth-order valence-electron chi connectivity index (χ4n) is 5.14. The van der Waals surface area contributed by atoms with Gasteiger partial charge < -0.3 is 9.84 Å². The molecule has 8 nitrogen and oxygen atoms in total. The number of aliphatic carboxylic acids is 1. The summed E-state index contributed by atoms with van der Waals surface area (Å²) in [6.45, 7) is 0. The minimum Gasteiger partial charge on any atom is -0.480 e. The number of rotatable bonds is 5. The zero-order chi connectivity index (χ0) is 23.7. The van der Waals surface area contributed by atoms with E-state index in [2.05, 4.69) is 19.7 Å². The topological polar surface area (TPSA) is 114 Å². The van der Waals surface area contributed by atoms with Crippen LogP contribution in [-0.4, -0.2) is 36.9 Å². The number of benzene rings is 1. The summed E-state index contributed by atoms with van der Waals surface area (Å²) in [7, 11) is 0. The summed E-state index contributed by atoms with van der Waals surface area (Å²) in [5.41, 5.74) is 1.82. The first-order chi connectivity index (χ1) is 16.5. The van der Waals surface area contributed by atoms with Gasteiger partial charge in [0.2, 0.25) is 5.88 Å². The van der Waals surface area contributed by atoms with Crippen molar-refractivity contribution in [1.29, 1.82) is 5.26 Å². The fraction of sp³-hybridized carbons (Fsp3) is 0.400. The Morgan fingerprint density at radius 2 is 2.00 bits per heavy atom. The molecule has 2 aliphatic rings. The molecule has 34 heavy (non-hydrogen) atoms. The highest BCUT2D eigenvalue weighted by Gasteiger charge is 2.36. The molecule has 3 aromatic rings. The second kappa shape index (κ2) is 9.43. The second-order valence-electron chi connectivity index (χ2n) is 8.96. The lowest BCUT2D eigenvalue weighted by Crippen LogP contribution is -2.25. The van der Waals surface area contributed by atoms with Gasteiger partial charge in [0, 0.05) is 29.6 Å². The van der Waals surface area contributed by atoms with Crippen LogP contribution in [0.1, 0.15) is 48.8 Å². The Labute approximate surface area is 202 Å². The van der Waals surface area contributed by atoms with Gasteiger partial charge in [-0.25, -0.2) is 4.98 Å². The van der Waals surface area contributed by atoms with E-state index in [0.29, 0.717) is 29.6 Å². The Hall–Kier alpha value is -3.44. The number of carbonyl (C=O) groups is 1. The minimum atomic E-state index is -1.13. The van der Waals surface area contributed by atoms with Gasteiger partial charge in [0.05, 0.1) is 11.8 Å². The standard InChI is InChI=1S/C25H24ClN5O3/c26-18-6-9-21-17(12-18)11-16(20(14-27)25(32)33)13-22-29-30-24(31(21)22)15-4-7-19(8-5-15)34-23-3-1-2-10-28-23/h1-3,6,9-10,12,15-16,19-20H,4-5,7-8,11,13H2,(H,32,33). The van der Waals surface area contributed by atoms with Crippen molar-refractivity contribution in [3.8, 4) is 17.6 Å². The summed E-state index contributed by atoms with van der Waals surface area (Å²) in [4.78, 5) is 16.0. The number of carboxylic acid groups (broad SMARTS) is 1. The van der Waals surface area contributed by atoms with Crippen LogP contribution in [-0.2, 0) is 17.6 Å². The third kappa shape index (κ3) is 4.36. The molecule has 174 valence electrons. The number of fused-ring (bicyclic) bond motifs is 3. The first-order valence-corrected chi connectivity index (χ1v) is 11.8. The molecule has 2 aromatic heterocycles. The number of aromatic nitrogens is 4. The van der Waals surface area contributed by atoms with E-state index in [1.807, 2.05) is 42.5 Å². The summed E-state index contributed by atoms with van der Waals surface area (Å²) in [5.74, 6) is -0.247. The van der Waals surface area contributed by atoms with Crippen molar-refractivity contribution >= 4 is 17.6 Å². The van der Waals surface area contributed by atoms with Crippen molar-refractivity contribution in [3.63, 3.8) is 0 Å². The lowest BCUT2D eigenvalue weighted by atomic mass is 9.85. The average Bonchev–Trinajstić information content (AvgIpc) is 3.17. The van der Waals surface area contributed by atoms with E-state index in [1.54, 1.807) is 6.20 Å². The molecule has 1 fully saturated rings. The van der Waals surface area contributed by atoms with Gasteiger partial charge in [-0.3, -0.25) is 9.36 Å². The molecule has 2 atom stereocenters. The number of nitrogens with zero attached hydrogens (tertiary/aromatic N) is 5. The molecule has 0 spiro atoms. The summed E-state index contributed by atoms with van der Waals surface area (Å²) < 4.78 is 8.11. The fourth-order valence-corrected chi connectivity index (χ4v) is 5.33. The van der Waals surface area contributed by atoms with Crippen LogP contribution in [0.3, 0.4) is 0 Å². The summed E-state index contributed by atoms with van der Waals surface area (Å²) in [6.07, 6.45) is 6.21. The normalized spacial score (nSPS) is 22.5. The van der Waals surface area contributed by atoms with Crippen molar-refractivity contribution in [3.05, 3.63) is 64.8 Å². The average molecular weight is 478 g/mol. The van der Waals surface area contributed by atoms with Gasteiger partial charge in [0.15, 0.2) is 0 Å². The van der Waals surface area contributed by atoms with Gasteiger partial charge in [-0.15, -0.1) is 10.2 Å².